The molecule has 29 heavy (non-hydrogen) atoms. The first-order chi connectivity index (χ1) is 14.0. The summed E-state index contributed by atoms with van der Waals surface area (Å²) < 4.78 is 11.3. The lowest BCUT2D eigenvalue weighted by Gasteiger charge is -2.41. The van der Waals surface area contributed by atoms with E-state index in [0.29, 0.717) is 12.5 Å². The molecule has 164 valence electrons. The number of nitrogens with one attached hydrogen (secondary N) is 3. The van der Waals surface area contributed by atoms with E-state index in [9.17, 15) is 0 Å². The molecule has 0 saturated carbocycles. The lowest BCUT2D eigenvalue weighted by molar-refractivity contribution is 0.0354. The van der Waals surface area contributed by atoms with Crippen molar-refractivity contribution in [1.29, 1.82) is 0 Å². The third kappa shape index (κ3) is 8.72. The molecule has 0 spiro atoms. The Hall–Kier alpha value is -1.63. The van der Waals surface area contributed by atoms with E-state index in [1.54, 1.807) is 0 Å². The van der Waals surface area contributed by atoms with Gasteiger partial charge in [-0.2, -0.15) is 0 Å². The van der Waals surface area contributed by atoms with Crippen LogP contribution in [0.2, 0.25) is 0 Å². The lowest BCUT2D eigenvalue weighted by Crippen LogP contribution is -2.58. The molecule has 2 rings (SSSR count). The fourth-order valence-electron chi connectivity index (χ4n) is 3.55. The summed E-state index contributed by atoms with van der Waals surface area (Å²) in [5.74, 6) is 1.50. The van der Waals surface area contributed by atoms with E-state index < -0.39 is 0 Å². The van der Waals surface area contributed by atoms with E-state index in [1.807, 2.05) is 7.05 Å². The molecule has 6 nitrogen and oxygen atoms in total. The summed E-state index contributed by atoms with van der Waals surface area (Å²) in [6, 6.07) is 10.9. The Bertz CT molecular complexity index is 586. The third-order valence-corrected chi connectivity index (χ3v) is 5.47. The van der Waals surface area contributed by atoms with E-state index in [1.165, 1.54) is 5.56 Å². The minimum absolute atomic E-state index is 0.0150. The topological polar surface area (TPSA) is 66.9 Å². The van der Waals surface area contributed by atoms with E-state index in [4.69, 9.17) is 9.47 Å². The summed E-state index contributed by atoms with van der Waals surface area (Å²) in [6.07, 6.45) is 3.06. The average molecular weight is 405 g/mol. The maximum absolute atomic E-state index is 5.68. The zero-order valence-electron chi connectivity index (χ0n) is 18.7. The molecule has 3 N–H and O–H groups in total. The molecule has 1 aliphatic rings. The van der Waals surface area contributed by atoms with Crippen molar-refractivity contribution < 1.29 is 9.47 Å². The molecule has 0 radical (unpaired) electrons. The van der Waals surface area contributed by atoms with E-state index in [2.05, 4.69) is 72.0 Å². The largest absolute Gasteiger partial charge is 0.381 e. The average Bonchev–Trinajstić information content (AvgIpc) is 2.73. The molecule has 1 aromatic carbocycles. The van der Waals surface area contributed by atoms with Gasteiger partial charge in [0.15, 0.2) is 5.96 Å². The quantitative estimate of drug-likeness (QED) is 0.300. The van der Waals surface area contributed by atoms with Crippen molar-refractivity contribution in [3.05, 3.63) is 35.9 Å². The minimum Gasteiger partial charge on any atom is -0.381 e. The zero-order chi connectivity index (χ0) is 21.0. The summed E-state index contributed by atoms with van der Waals surface area (Å²) in [6.45, 7) is 11.3. The number of hydrogen-bond donors (Lipinski definition) is 3. The molecule has 1 aliphatic heterocycles. The minimum atomic E-state index is -0.0150. The first kappa shape index (κ1) is 23.6. The van der Waals surface area contributed by atoms with Gasteiger partial charge in [0.05, 0.1) is 6.61 Å². The van der Waals surface area contributed by atoms with Gasteiger partial charge in [0, 0.05) is 51.5 Å². The molecule has 0 aromatic heterocycles. The van der Waals surface area contributed by atoms with Crippen LogP contribution in [0.5, 0.6) is 0 Å². The third-order valence-electron chi connectivity index (χ3n) is 5.47. The monoisotopic (exact) mass is 404 g/mol. The van der Waals surface area contributed by atoms with Gasteiger partial charge in [0.2, 0.25) is 0 Å². The van der Waals surface area contributed by atoms with Crippen molar-refractivity contribution in [3.63, 3.8) is 0 Å². The highest BCUT2D eigenvalue weighted by atomic mass is 16.5. The predicted molar refractivity (Wildman–Crippen MR) is 120 cm³/mol. The van der Waals surface area contributed by atoms with Crippen LogP contribution >= 0.6 is 0 Å². The summed E-state index contributed by atoms with van der Waals surface area (Å²) in [7, 11) is 1.81. The summed E-state index contributed by atoms with van der Waals surface area (Å²) >= 11 is 0. The van der Waals surface area contributed by atoms with Crippen molar-refractivity contribution in [2.45, 2.75) is 51.6 Å². The van der Waals surface area contributed by atoms with Crippen LogP contribution in [0.25, 0.3) is 0 Å². The number of ether oxygens (including phenoxy) is 2. The van der Waals surface area contributed by atoms with Crippen molar-refractivity contribution in [3.8, 4) is 0 Å². The van der Waals surface area contributed by atoms with Crippen LogP contribution in [-0.2, 0) is 9.47 Å². The highest BCUT2D eigenvalue weighted by Crippen LogP contribution is 2.25. The number of hydrogen-bond acceptors (Lipinski definition) is 4. The zero-order valence-corrected chi connectivity index (χ0v) is 18.7. The van der Waals surface area contributed by atoms with Gasteiger partial charge in [-0.15, -0.1) is 0 Å². The second-order valence-electron chi connectivity index (χ2n) is 8.32. The fraction of sp³-hybridized carbons (Fsp3) is 0.696. The Balaban J connectivity index is 1.82. The first-order valence-corrected chi connectivity index (χ1v) is 11.0. The maximum Gasteiger partial charge on any atom is 0.191 e. The molecule has 0 aliphatic carbocycles. The summed E-state index contributed by atoms with van der Waals surface area (Å²) in [4.78, 5) is 4.37. The molecule has 6 heteroatoms. The smallest absolute Gasteiger partial charge is 0.191 e. The normalized spacial score (nSPS) is 17.9. The van der Waals surface area contributed by atoms with Crippen molar-refractivity contribution in [2.24, 2.45) is 10.9 Å². The van der Waals surface area contributed by atoms with Crippen LogP contribution in [0.1, 0.15) is 51.6 Å². The second-order valence-corrected chi connectivity index (χ2v) is 8.32. The highest BCUT2D eigenvalue weighted by molar-refractivity contribution is 5.79. The fourth-order valence-corrected chi connectivity index (χ4v) is 3.55. The number of guanidine groups is 1. The van der Waals surface area contributed by atoms with Gasteiger partial charge in [-0.25, -0.2) is 0 Å². The Morgan fingerprint density at radius 2 is 1.83 bits per heavy atom. The Labute approximate surface area is 176 Å². The Morgan fingerprint density at radius 3 is 2.48 bits per heavy atom. The van der Waals surface area contributed by atoms with Gasteiger partial charge >= 0.3 is 0 Å². The van der Waals surface area contributed by atoms with Crippen molar-refractivity contribution in [2.75, 3.05) is 46.6 Å². The van der Waals surface area contributed by atoms with Crippen LogP contribution < -0.4 is 16.0 Å². The molecular weight excluding hydrogens is 364 g/mol. The van der Waals surface area contributed by atoms with Gasteiger partial charge in [-0.1, -0.05) is 44.2 Å². The maximum atomic E-state index is 5.68. The second kappa shape index (κ2) is 12.8. The molecule has 1 unspecified atom stereocenters. The van der Waals surface area contributed by atoms with Crippen LogP contribution in [0.15, 0.2) is 35.3 Å². The predicted octanol–water partition coefficient (Wildman–Crippen LogP) is 3.11. The van der Waals surface area contributed by atoms with Gasteiger partial charge in [-0.05, 0) is 37.7 Å². The molecule has 1 atom stereocenters. The number of benzene rings is 1. The van der Waals surface area contributed by atoms with Gasteiger partial charge in [0.1, 0.15) is 0 Å². The molecule has 1 aromatic rings. The molecule has 0 amide bonds. The first-order valence-electron chi connectivity index (χ1n) is 11.0. The number of nitrogens with zero attached hydrogens (tertiary/aromatic N) is 1. The van der Waals surface area contributed by atoms with Crippen LogP contribution in [-0.4, -0.2) is 58.1 Å². The molecular formula is C23H40N4O2. The van der Waals surface area contributed by atoms with Gasteiger partial charge in [0.25, 0.3) is 0 Å². The van der Waals surface area contributed by atoms with Crippen molar-refractivity contribution >= 4 is 5.96 Å². The van der Waals surface area contributed by atoms with E-state index in [0.717, 1.165) is 58.1 Å². The SMILES string of the molecule is CN=C(NCCOCCC(C)C)NCC1(NC(C)c2ccccc2)CCOCC1. The van der Waals surface area contributed by atoms with E-state index >= 15 is 0 Å². The number of aliphatic imine (C=N–C) groups is 1. The highest BCUT2D eigenvalue weighted by Gasteiger charge is 2.34. The summed E-state index contributed by atoms with van der Waals surface area (Å²) in [5.41, 5.74) is 1.29. The lowest BCUT2D eigenvalue weighted by atomic mass is 9.88. The standard InChI is InChI=1S/C23H40N4O2/c1-19(2)10-14-28-17-13-25-22(24-4)26-18-23(11-15-29-16-12-23)27-20(3)21-8-6-5-7-9-21/h5-9,19-20,27H,10-18H2,1-4H3,(H2,24,25,26). The van der Waals surface area contributed by atoms with Crippen LogP contribution in [0.3, 0.4) is 0 Å². The van der Waals surface area contributed by atoms with Gasteiger partial charge < -0.3 is 25.4 Å². The molecule has 1 heterocycles. The Morgan fingerprint density at radius 1 is 1.10 bits per heavy atom. The molecule has 1 saturated heterocycles. The van der Waals surface area contributed by atoms with E-state index in [-0.39, 0.29) is 11.6 Å². The summed E-state index contributed by atoms with van der Waals surface area (Å²) in [5, 5.41) is 10.7. The van der Waals surface area contributed by atoms with Crippen molar-refractivity contribution in [1.82, 2.24) is 16.0 Å². The van der Waals surface area contributed by atoms with Gasteiger partial charge in [-0.3, -0.25) is 4.99 Å². The Kier molecular flexibility index (Phi) is 10.5. The molecule has 1 fully saturated rings. The molecule has 0 bridgehead atoms. The number of rotatable bonds is 11. The van der Waals surface area contributed by atoms with Crippen LogP contribution in [0.4, 0.5) is 0 Å². The van der Waals surface area contributed by atoms with Crippen LogP contribution in [0, 0.1) is 5.92 Å².